The summed E-state index contributed by atoms with van der Waals surface area (Å²) in [5.74, 6) is -0.986. The molecule has 0 atom stereocenters. The first-order valence-electron chi connectivity index (χ1n) is 6.43. The molecule has 104 valence electrons. The largest absolute Gasteiger partial charge is 0.478 e. The highest BCUT2D eigenvalue weighted by molar-refractivity contribution is 6.33. The first-order valence-corrected chi connectivity index (χ1v) is 6.80. The van der Waals surface area contributed by atoms with E-state index in [0.717, 1.165) is 10.9 Å². The Morgan fingerprint density at radius 1 is 1.10 bits per heavy atom. The van der Waals surface area contributed by atoms with Crippen LogP contribution < -0.4 is 0 Å². The Balaban J connectivity index is 2.19. The molecular weight excluding hydrogens is 286 g/mol. The van der Waals surface area contributed by atoms with Crippen molar-refractivity contribution in [3.63, 3.8) is 0 Å². The Kier molecular flexibility index (Phi) is 3.50. The molecule has 2 aromatic carbocycles. The number of carbonyl (C=O) groups is 1. The number of para-hydroxylation sites is 1. The minimum Gasteiger partial charge on any atom is -0.478 e. The number of halogens is 1. The molecule has 0 saturated carbocycles. The topological polar surface area (TPSA) is 53.1 Å². The van der Waals surface area contributed by atoms with Crippen molar-refractivity contribution >= 4 is 40.1 Å². The number of aliphatic carboxylic acids is 1. The molecular formula is C17H12ClNO2. The number of hydrogen-bond acceptors (Lipinski definition) is 1. The molecule has 0 unspecified atom stereocenters. The third kappa shape index (κ3) is 2.56. The molecule has 0 saturated heterocycles. The quantitative estimate of drug-likeness (QED) is 0.702. The first kappa shape index (κ1) is 13.5. The molecule has 1 heterocycles. The maximum Gasteiger partial charge on any atom is 0.336 e. The molecule has 0 aliphatic rings. The van der Waals surface area contributed by atoms with E-state index in [2.05, 4.69) is 4.98 Å². The van der Waals surface area contributed by atoms with Gasteiger partial charge < -0.3 is 10.1 Å². The predicted molar refractivity (Wildman–Crippen MR) is 85.3 cm³/mol. The number of aromatic nitrogens is 1. The zero-order chi connectivity index (χ0) is 14.8. The molecule has 0 amide bonds. The van der Waals surface area contributed by atoms with Crippen LogP contribution in [-0.4, -0.2) is 16.1 Å². The number of carboxylic acid groups (broad SMARTS) is 1. The smallest absolute Gasteiger partial charge is 0.336 e. The molecule has 0 bridgehead atoms. The van der Waals surface area contributed by atoms with Gasteiger partial charge in [0.1, 0.15) is 0 Å². The molecule has 3 rings (SSSR count). The van der Waals surface area contributed by atoms with Crippen molar-refractivity contribution in [1.29, 1.82) is 0 Å². The monoisotopic (exact) mass is 297 g/mol. The molecule has 3 nitrogen and oxygen atoms in total. The summed E-state index contributed by atoms with van der Waals surface area (Å²) in [4.78, 5) is 14.7. The summed E-state index contributed by atoms with van der Waals surface area (Å²) in [5.41, 5.74) is 2.44. The van der Waals surface area contributed by atoms with Crippen LogP contribution in [0.4, 0.5) is 0 Å². The molecule has 0 spiro atoms. The Bertz CT molecular complexity index is 849. The lowest BCUT2D eigenvalue weighted by Gasteiger charge is -2.03. The van der Waals surface area contributed by atoms with Crippen molar-refractivity contribution in [3.05, 3.63) is 70.9 Å². The lowest BCUT2D eigenvalue weighted by Crippen LogP contribution is -1.99. The molecule has 0 radical (unpaired) electrons. The van der Waals surface area contributed by atoms with Gasteiger partial charge in [0.25, 0.3) is 0 Å². The van der Waals surface area contributed by atoms with Gasteiger partial charge in [0.15, 0.2) is 0 Å². The molecule has 0 aliphatic heterocycles. The van der Waals surface area contributed by atoms with Crippen LogP contribution in [0.25, 0.3) is 22.6 Å². The first-order chi connectivity index (χ1) is 10.2. The lowest BCUT2D eigenvalue weighted by molar-refractivity contribution is -0.130. The standard InChI is InChI=1S/C17H12ClNO2/c18-15-7-3-1-5-11(15)9-13(17(20)21)14-10-19-16-8-4-2-6-12(14)16/h1-10,19H,(H,20,21)/b13-9-. The Labute approximate surface area is 126 Å². The Morgan fingerprint density at radius 3 is 2.57 bits per heavy atom. The van der Waals surface area contributed by atoms with Gasteiger partial charge in [0, 0.05) is 27.7 Å². The van der Waals surface area contributed by atoms with Gasteiger partial charge in [0.05, 0.1) is 5.57 Å². The Hall–Kier alpha value is -2.52. The van der Waals surface area contributed by atoms with Crippen LogP contribution in [0.1, 0.15) is 11.1 Å². The number of carboxylic acids is 1. The van der Waals surface area contributed by atoms with E-state index < -0.39 is 5.97 Å². The SMILES string of the molecule is O=C(O)/C(=C\c1ccccc1Cl)c1c[nH]c2ccccc12. The second kappa shape index (κ2) is 5.46. The van der Waals surface area contributed by atoms with Gasteiger partial charge in [-0.25, -0.2) is 4.79 Å². The normalized spacial score (nSPS) is 11.8. The van der Waals surface area contributed by atoms with Gasteiger partial charge in [-0.05, 0) is 23.8 Å². The molecule has 0 aliphatic carbocycles. The molecule has 0 fully saturated rings. The summed E-state index contributed by atoms with van der Waals surface area (Å²) in [6.07, 6.45) is 3.31. The Morgan fingerprint density at radius 2 is 1.81 bits per heavy atom. The maximum atomic E-state index is 11.6. The minimum absolute atomic E-state index is 0.209. The van der Waals surface area contributed by atoms with Gasteiger partial charge in [-0.2, -0.15) is 0 Å². The fourth-order valence-corrected chi connectivity index (χ4v) is 2.49. The van der Waals surface area contributed by atoms with E-state index in [0.29, 0.717) is 16.1 Å². The number of fused-ring (bicyclic) bond motifs is 1. The summed E-state index contributed by atoms with van der Waals surface area (Å²) in [5, 5.41) is 10.9. The number of nitrogens with one attached hydrogen (secondary N) is 1. The third-order valence-corrected chi connectivity index (χ3v) is 3.66. The van der Waals surface area contributed by atoms with Gasteiger partial charge in [-0.1, -0.05) is 48.0 Å². The minimum atomic E-state index is -0.986. The lowest BCUT2D eigenvalue weighted by atomic mass is 10.0. The fourth-order valence-electron chi connectivity index (χ4n) is 2.30. The van der Waals surface area contributed by atoms with Crippen LogP contribution in [0.2, 0.25) is 5.02 Å². The van der Waals surface area contributed by atoms with Crippen molar-refractivity contribution < 1.29 is 9.90 Å². The van der Waals surface area contributed by atoms with Crippen LogP contribution in [-0.2, 0) is 4.79 Å². The van der Waals surface area contributed by atoms with E-state index >= 15 is 0 Å². The average Bonchev–Trinajstić information content (AvgIpc) is 2.90. The highest BCUT2D eigenvalue weighted by Gasteiger charge is 2.15. The van der Waals surface area contributed by atoms with Gasteiger partial charge in [-0.3, -0.25) is 0 Å². The summed E-state index contributed by atoms with van der Waals surface area (Å²) >= 11 is 6.11. The number of rotatable bonds is 3. The highest BCUT2D eigenvalue weighted by Crippen LogP contribution is 2.28. The van der Waals surface area contributed by atoms with E-state index in [1.54, 1.807) is 24.4 Å². The number of aromatic amines is 1. The van der Waals surface area contributed by atoms with E-state index in [1.165, 1.54) is 0 Å². The van der Waals surface area contributed by atoms with E-state index in [1.807, 2.05) is 36.4 Å². The van der Waals surface area contributed by atoms with E-state index in [9.17, 15) is 9.90 Å². The van der Waals surface area contributed by atoms with Crippen molar-refractivity contribution in [1.82, 2.24) is 4.98 Å². The van der Waals surface area contributed by atoms with Gasteiger partial charge >= 0.3 is 5.97 Å². The zero-order valence-corrected chi connectivity index (χ0v) is 11.8. The zero-order valence-electron chi connectivity index (χ0n) is 11.0. The van der Waals surface area contributed by atoms with Crippen LogP contribution in [0.3, 0.4) is 0 Å². The van der Waals surface area contributed by atoms with Crippen molar-refractivity contribution in [3.8, 4) is 0 Å². The summed E-state index contributed by atoms with van der Waals surface area (Å²) in [6.45, 7) is 0. The molecule has 4 heteroatoms. The average molecular weight is 298 g/mol. The second-order valence-corrected chi connectivity index (χ2v) is 5.04. The molecule has 1 aromatic heterocycles. The fraction of sp³-hybridized carbons (Fsp3) is 0. The third-order valence-electron chi connectivity index (χ3n) is 3.31. The van der Waals surface area contributed by atoms with Crippen molar-refractivity contribution in [2.24, 2.45) is 0 Å². The number of hydrogen-bond donors (Lipinski definition) is 2. The number of H-pyrrole nitrogens is 1. The van der Waals surface area contributed by atoms with E-state index in [4.69, 9.17) is 11.6 Å². The molecule has 3 aromatic rings. The van der Waals surface area contributed by atoms with Gasteiger partial charge in [-0.15, -0.1) is 0 Å². The highest BCUT2D eigenvalue weighted by atomic mass is 35.5. The summed E-state index contributed by atoms with van der Waals surface area (Å²) < 4.78 is 0. The summed E-state index contributed by atoms with van der Waals surface area (Å²) in [6, 6.07) is 14.8. The van der Waals surface area contributed by atoms with Crippen molar-refractivity contribution in [2.45, 2.75) is 0 Å². The molecule has 2 N–H and O–H groups in total. The van der Waals surface area contributed by atoms with Crippen LogP contribution in [0, 0.1) is 0 Å². The number of benzene rings is 2. The molecule has 21 heavy (non-hydrogen) atoms. The maximum absolute atomic E-state index is 11.6. The summed E-state index contributed by atoms with van der Waals surface area (Å²) in [7, 11) is 0. The van der Waals surface area contributed by atoms with Crippen LogP contribution in [0.15, 0.2) is 54.7 Å². The van der Waals surface area contributed by atoms with E-state index in [-0.39, 0.29) is 5.57 Å². The van der Waals surface area contributed by atoms with Crippen LogP contribution >= 0.6 is 11.6 Å². The van der Waals surface area contributed by atoms with Gasteiger partial charge in [0.2, 0.25) is 0 Å². The van der Waals surface area contributed by atoms with Crippen LogP contribution in [0.5, 0.6) is 0 Å². The predicted octanol–water partition coefficient (Wildman–Crippen LogP) is 4.45. The second-order valence-electron chi connectivity index (χ2n) is 4.63. The van der Waals surface area contributed by atoms with Crippen molar-refractivity contribution in [2.75, 3.05) is 0 Å².